The molecule has 0 bridgehead atoms. The largest absolute Gasteiger partial charge is 0.388 e. The Bertz CT molecular complexity index is 445. The van der Waals surface area contributed by atoms with Gasteiger partial charge in [0.1, 0.15) is 6.10 Å². The first kappa shape index (κ1) is 22.4. The number of aliphatic hydroxyl groups is 1. The quantitative estimate of drug-likeness (QED) is 0.359. The van der Waals surface area contributed by atoms with Crippen LogP contribution >= 0.6 is 24.0 Å². The van der Waals surface area contributed by atoms with Crippen molar-refractivity contribution in [2.24, 2.45) is 4.99 Å². The summed E-state index contributed by atoms with van der Waals surface area (Å²) < 4.78 is 5.50. The van der Waals surface area contributed by atoms with Crippen LogP contribution in [0.1, 0.15) is 40.0 Å². The summed E-state index contributed by atoms with van der Waals surface area (Å²) in [7, 11) is 0. The molecular formula is C17H33IN4O3. The predicted octanol–water partition coefficient (Wildman–Crippen LogP) is 1.05. The van der Waals surface area contributed by atoms with Crippen molar-refractivity contribution in [3.63, 3.8) is 0 Å². The molecule has 2 fully saturated rings. The number of nitrogens with zero attached hydrogens (tertiary/aromatic N) is 3. The lowest BCUT2D eigenvalue weighted by Gasteiger charge is -2.37. The fourth-order valence-corrected chi connectivity index (χ4v) is 2.90. The second-order valence-electron chi connectivity index (χ2n) is 6.83. The highest BCUT2D eigenvalue weighted by Gasteiger charge is 2.31. The van der Waals surface area contributed by atoms with Gasteiger partial charge < -0.3 is 25.0 Å². The summed E-state index contributed by atoms with van der Waals surface area (Å²) in [4.78, 5) is 21.0. The molecule has 2 rings (SSSR count). The lowest BCUT2D eigenvalue weighted by atomic mass is 10.1. The third-order valence-corrected chi connectivity index (χ3v) is 4.76. The minimum absolute atomic E-state index is 0. The minimum atomic E-state index is -0.779. The molecule has 25 heavy (non-hydrogen) atoms. The molecule has 1 amide bonds. The van der Waals surface area contributed by atoms with E-state index in [9.17, 15) is 9.90 Å². The number of carbonyl (C=O) groups is 1. The monoisotopic (exact) mass is 468 g/mol. The number of amides is 1. The molecule has 8 heteroatoms. The van der Waals surface area contributed by atoms with Crippen LogP contribution in [-0.2, 0) is 9.53 Å². The van der Waals surface area contributed by atoms with Gasteiger partial charge >= 0.3 is 0 Å². The summed E-state index contributed by atoms with van der Waals surface area (Å²) >= 11 is 0. The maximum absolute atomic E-state index is 12.4. The molecule has 2 N–H and O–H groups in total. The Kier molecular flexibility index (Phi) is 9.44. The Morgan fingerprint density at radius 1 is 1.28 bits per heavy atom. The van der Waals surface area contributed by atoms with E-state index >= 15 is 0 Å². The van der Waals surface area contributed by atoms with Crippen molar-refractivity contribution < 1.29 is 14.6 Å². The smallest absolute Gasteiger partial charge is 0.251 e. The topological polar surface area (TPSA) is 77.4 Å². The molecule has 0 spiro atoms. The van der Waals surface area contributed by atoms with Gasteiger partial charge in [-0.15, -0.1) is 24.0 Å². The molecule has 0 saturated carbocycles. The summed E-state index contributed by atoms with van der Waals surface area (Å²) in [5.41, 5.74) is -0.779. The van der Waals surface area contributed by atoms with Crippen molar-refractivity contribution in [3.8, 4) is 0 Å². The molecule has 2 atom stereocenters. The molecule has 2 aliphatic heterocycles. The second kappa shape index (κ2) is 10.5. The predicted molar refractivity (Wildman–Crippen MR) is 109 cm³/mol. The van der Waals surface area contributed by atoms with E-state index in [0.717, 1.165) is 38.4 Å². The van der Waals surface area contributed by atoms with E-state index in [4.69, 9.17) is 4.74 Å². The lowest BCUT2D eigenvalue weighted by molar-refractivity contribution is -0.142. The average Bonchev–Trinajstić information content (AvgIpc) is 3.13. The summed E-state index contributed by atoms with van der Waals surface area (Å²) in [6.07, 6.45) is 2.25. The zero-order valence-corrected chi connectivity index (χ0v) is 18.0. The van der Waals surface area contributed by atoms with Crippen LogP contribution in [0.15, 0.2) is 4.99 Å². The van der Waals surface area contributed by atoms with Gasteiger partial charge in [-0.2, -0.15) is 0 Å². The van der Waals surface area contributed by atoms with Gasteiger partial charge in [-0.3, -0.25) is 9.79 Å². The van der Waals surface area contributed by atoms with E-state index in [0.29, 0.717) is 32.7 Å². The van der Waals surface area contributed by atoms with Gasteiger partial charge in [0, 0.05) is 39.3 Å². The number of guanidine groups is 1. The standard InChI is InChI=1S/C17H32N4O3.HI/c1-4-17(3,23)13-19-16(18-5-2)21-10-8-20(9-11-21)15(22)14-7-6-12-24-14;/h14,23H,4-13H2,1-3H3,(H,18,19);1H. The molecule has 0 aliphatic carbocycles. The van der Waals surface area contributed by atoms with Gasteiger partial charge in [-0.25, -0.2) is 0 Å². The fraction of sp³-hybridized carbons (Fsp3) is 0.882. The van der Waals surface area contributed by atoms with Crippen LogP contribution < -0.4 is 5.32 Å². The van der Waals surface area contributed by atoms with E-state index < -0.39 is 5.60 Å². The van der Waals surface area contributed by atoms with Crippen LogP contribution in [0.5, 0.6) is 0 Å². The van der Waals surface area contributed by atoms with Crippen LogP contribution in [0.25, 0.3) is 0 Å². The first-order valence-corrected chi connectivity index (χ1v) is 9.13. The highest BCUT2D eigenvalue weighted by molar-refractivity contribution is 14.0. The number of carbonyl (C=O) groups excluding carboxylic acids is 1. The average molecular weight is 468 g/mol. The summed E-state index contributed by atoms with van der Waals surface area (Å²) in [6.45, 7) is 10.5. The van der Waals surface area contributed by atoms with Crippen molar-refractivity contribution in [2.45, 2.75) is 51.7 Å². The van der Waals surface area contributed by atoms with Crippen LogP contribution in [0.4, 0.5) is 0 Å². The molecule has 0 aromatic heterocycles. The normalized spacial score (nSPS) is 23.8. The Balaban J connectivity index is 0.00000312. The molecular weight excluding hydrogens is 435 g/mol. The summed E-state index contributed by atoms with van der Waals surface area (Å²) in [5, 5.41) is 13.4. The SMILES string of the molecule is CCNC(=NCC(C)(O)CC)N1CCN(C(=O)C2CCCO2)CC1.I. The molecule has 7 nitrogen and oxygen atoms in total. The zero-order chi connectivity index (χ0) is 17.6. The van der Waals surface area contributed by atoms with Crippen molar-refractivity contribution >= 4 is 35.8 Å². The van der Waals surface area contributed by atoms with E-state index in [1.165, 1.54) is 0 Å². The number of hydrogen-bond donors (Lipinski definition) is 2. The number of piperazine rings is 1. The van der Waals surface area contributed by atoms with E-state index in [2.05, 4.69) is 15.2 Å². The van der Waals surface area contributed by atoms with Crippen LogP contribution in [0.2, 0.25) is 0 Å². The molecule has 0 radical (unpaired) electrons. The number of halogens is 1. The summed E-state index contributed by atoms with van der Waals surface area (Å²) in [5.74, 6) is 0.943. The number of hydrogen-bond acceptors (Lipinski definition) is 4. The molecule has 146 valence electrons. The molecule has 2 saturated heterocycles. The lowest BCUT2D eigenvalue weighted by Crippen LogP contribution is -2.55. The van der Waals surface area contributed by atoms with Crippen LogP contribution in [0.3, 0.4) is 0 Å². The van der Waals surface area contributed by atoms with Crippen molar-refractivity contribution in [1.82, 2.24) is 15.1 Å². The zero-order valence-electron chi connectivity index (χ0n) is 15.7. The van der Waals surface area contributed by atoms with Gasteiger partial charge in [-0.1, -0.05) is 6.92 Å². The maximum atomic E-state index is 12.4. The van der Waals surface area contributed by atoms with Gasteiger partial charge in [0.2, 0.25) is 0 Å². The van der Waals surface area contributed by atoms with E-state index in [1.54, 1.807) is 6.92 Å². The molecule has 2 aliphatic rings. The van der Waals surface area contributed by atoms with Gasteiger partial charge in [0.15, 0.2) is 5.96 Å². The Labute approximate surface area is 168 Å². The van der Waals surface area contributed by atoms with Crippen LogP contribution in [0, 0.1) is 0 Å². The number of rotatable bonds is 5. The van der Waals surface area contributed by atoms with Crippen molar-refractivity contribution in [3.05, 3.63) is 0 Å². The van der Waals surface area contributed by atoms with Gasteiger partial charge in [0.25, 0.3) is 5.91 Å². The number of ether oxygens (including phenoxy) is 1. The Morgan fingerprint density at radius 3 is 2.44 bits per heavy atom. The Hall–Kier alpha value is -0.610. The first-order valence-electron chi connectivity index (χ1n) is 9.13. The maximum Gasteiger partial charge on any atom is 0.251 e. The molecule has 2 unspecified atom stereocenters. The van der Waals surface area contributed by atoms with E-state index in [1.807, 2.05) is 18.7 Å². The molecule has 0 aromatic carbocycles. The Morgan fingerprint density at radius 2 is 1.92 bits per heavy atom. The first-order chi connectivity index (χ1) is 11.5. The number of aliphatic imine (C=N–C) groups is 1. The second-order valence-corrected chi connectivity index (χ2v) is 6.83. The highest BCUT2D eigenvalue weighted by atomic mass is 127. The van der Waals surface area contributed by atoms with Crippen molar-refractivity contribution in [1.29, 1.82) is 0 Å². The summed E-state index contributed by atoms with van der Waals surface area (Å²) in [6, 6.07) is 0. The van der Waals surface area contributed by atoms with Crippen molar-refractivity contribution in [2.75, 3.05) is 45.9 Å². The van der Waals surface area contributed by atoms with Gasteiger partial charge in [-0.05, 0) is 33.1 Å². The van der Waals surface area contributed by atoms with Gasteiger partial charge in [0.05, 0.1) is 12.1 Å². The third-order valence-electron chi connectivity index (χ3n) is 4.76. The number of nitrogens with one attached hydrogen (secondary N) is 1. The van der Waals surface area contributed by atoms with E-state index in [-0.39, 0.29) is 36.0 Å². The molecule has 0 aromatic rings. The van der Waals surface area contributed by atoms with Crippen LogP contribution in [-0.4, -0.2) is 84.4 Å². The highest BCUT2D eigenvalue weighted by Crippen LogP contribution is 2.16. The molecule has 2 heterocycles. The fourth-order valence-electron chi connectivity index (χ4n) is 2.90. The minimum Gasteiger partial charge on any atom is -0.388 e. The third kappa shape index (κ3) is 6.56.